The first kappa shape index (κ1) is 11.9. The standard InChI is InChI=1S/C13H17NO3/c1-14-8-7-11(13(15)16)12(14)9-3-5-10(17-2)6-4-9/h3-6,11-12H,7-8H2,1-2H3,(H,15,16). The van der Waals surface area contributed by atoms with Gasteiger partial charge in [0, 0.05) is 6.04 Å². The Labute approximate surface area is 101 Å². The first-order valence-electron chi connectivity index (χ1n) is 5.70. The van der Waals surface area contributed by atoms with Crippen molar-refractivity contribution < 1.29 is 14.6 Å². The van der Waals surface area contributed by atoms with Crippen molar-refractivity contribution in [2.75, 3.05) is 20.7 Å². The zero-order valence-corrected chi connectivity index (χ0v) is 10.1. The summed E-state index contributed by atoms with van der Waals surface area (Å²) in [7, 11) is 3.59. The van der Waals surface area contributed by atoms with E-state index in [2.05, 4.69) is 4.90 Å². The minimum Gasteiger partial charge on any atom is -0.497 e. The van der Waals surface area contributed by atoms with Gasteiger partial charge in [-0.1, -0.05) is 12.1 Å². The van der Waals surface area contributed by atoms with Crippen molar-refractivity contribution in [3.8, 4) is 5.75 Å². The second-order valence-corrected chi connectivity index (χ2v) is 4.43. The van der Waals surface area contributed by atoms with E-state index in [4.69, 9.17) is 4.74 Å². The summed E-state index contributed by atoms with van der Waals surface area (Å²) in [4.78, 5) is 13.3. The molecule has 2 atom stereocenters. The molecule has 0 amide bonds. The zero-order valence-electron chi connectivity index (χ0n) is 10.1. The van der Waals surface area contributed by atoms with Crippen LogP contribution in [-0.2, 0) is 4.79 Å². The summed E-state index contributed by atoms with van der Waals surface area (Å²) in [5, 5.41) is 9.21. The number of likely N-dealkylation sites (tertiary alicyclic amines) is 1. The Morgan fingerprint density at radius 3 is 2.59 bits per heavy atom. The van der Waals surface area contributed by atoms with Crippen LogP contribution in [-0.4, -0.2) is 36.7 Å². The van der Waals surface area contributed by atoms with Gasteiger partial charge >= 0.3 is 5.97 Å². The molecule has 92 valence electrons. The smallest absolute Gasteiger partial charge is 0.308 e. The van der Waals surface area contributed by atoms with Gasteiger partial charge in [0.2, 0.25) is 0 Å². The lowest BCUT2D eigenvalue weighted by atomic mass is 9.94. The normalized spacial score (nSPS) is 24.8. The van der Waals surface area contributed by atoms with Gasteiger partial charge in [-0.25, -0.2) is 0 Å². The molecule has 2 unspecified atom stereocenters. The molecule has 0 spiro atoms. The van der Waals surface area contributed by atoms with Crippen molar-refractivity contribution in [3.63, 3.8) is 0 Å². The van der Waals surface area contributed by atoms with Gasteiger partial charge in [-0.2, -0.15) is 0 Å². The van der Waals surface area contributed by atoms with Gasteiger partial charge in [0.1, 0.15) is 5.75 Å². The Bertz CT molecular complexity index is 402. The second-order valence-electron chi connectivity index (χ2n) is 4.43. The Kier molecular flexibility index (Phi) is 3.33. The molecular weight excluding hydrogens is 218 g/mol. The van der Waals surface area contributed by atoms with E-state index in [0.717, 1.165) is 17.9 Å². The summed E-state index contributed by atoms with van der Waals surface area (Å²) < 4.78 is 5.10. The number of hydrogen-bond acceptors (Lipinski definition) is 3. The highest BCUT2D eigenvalue weighted by molar-refractivity contribution is 5.71. The molecule has 0 saturated carbocycles. The Balaban J connectivity index is 2.26. The fraction of sp³-hybridized carbons (Fsp3) is 0.462. The monoisotopic (exact) mass is 235 g/mol. The van der Waals surface area contributed by atoms with Crippen molar-refractivity contribution in [1.29, 1.82) is 0 Å². The van der Waals surface area contributed by atoms with Crippen LogP contribution < -0.4 is 4.74 Å². The summed E-state index contributed by atoms with van der Waals surface area (Å²) in [6, 6.07) is 7.61. The third kappa shape index (κ3) is 2.26. The molecule has 17 heavy (non-hydrogen) atoms. The number of rotatable bonds is 3. The summed E-state index contributed by atoms with van der Waals surface area (Å²) in [5.41, 5.74) is 1.04. The number of benzene rings is 1. The third-order valence-corrected chi connectivity index (χ3v) is 3.42. The fourth-order valence-electron chi connectivity index (χ4n) is 2.49. The van der Waals surface area contributed by atoms with E-state index in [1.165, 1.54) is 0 Å². The molecule has 0 bridgehead atoms. The highest BCUT2D eigenvalue weighted by atomic mass is 16.5. The first-order chi connectivity index (χ1) is 8.13. The van der Waals surface area contributed by atoms with E-state index in [1.54, 1.807) is 7.11 Å². The number of hydrogen-bond donors (Lipinski definition) is 1. The van der Waals surface area contributed by atoms with Crippen molar-refractivity contribution in [2.24, 2.45) is 5.92 Å². The van der Waals surface area contributed by atoms with E-state index in [1.807, 2.05) is 31.3 Å². The average Bonchev–Trinajstić information content (AvgIpc) is 2.71. The molecule has 0 radical (unpaired) electrons. The van der Waals surface area contributed by atoms with Crippen LogP contribution in [0.25, 0.3) is 0 Å². The number of ether oxygens (including phenoxy) is 1. The van der Waals surface area contributed by atoms with Gasteiger partial charge in [-0.05, 0) is 37.7 Å². The maximum Gasteiger partial charge on any atom is 0.308 e. The number of nitrogens with zero attached hydrogens (tertiary/aromatic N) is 1. The molecule has 1 fully saturated rings. The Hall–Kier alpha value is -1.55. The van der Waals surface area contributed by atoms with Crippen LogP contribution in [0.2, 0.25) is 0 Å². The average molecular weight is 235 g/mol. The van der Waals surface area contributed by atoms with Crippen molar-refractivity contribution in [1.82, 2.24) is 4.90 Å². The SMILES string of the molecule is COc1ccc(C2C(C(=O)O)CCN2C)cc1. The highest BCUT2D eigenvalue weighted by Crippen LogP contribution is 2.36. The lowest BCUT2D eigenvalue weighted by Crippen LogP contribution is -2.25. The van der Waals surface area contributed by atoms with Crippen LogP contribution in [0.4, 0.5) is 0 Å². The summed E-state index contributed by atoms with van der Waals surface area (Å²) in [6.07, 6.45) is 0.711. The van der Waals surface area contributed by atoms with Crippen LogP contribution >= 0.6 is 0 Å². The largest absolute Gasteiger partial charge is 0.497 e. The van der Waals surface area contributed by atoms with Crippen LogP contribution in [0.5, 0.6) is 5.75 Å². The van der Waals surface area contributed by atoms with E-state index < -0.39 is 5.97 Å². The van der Waals surface area contributed by atoms with E-state index in [0.29, 0.717) is 6.42 Å². The Morgan fingerprint density at radius 2 is 2.06 bits per heavy atom. The molecule has 1 N–H and O–H groups in total. The molecule has 0 aliphatic carbocycles. The first-order valence-corrected chi connectivity index (χ1v) is 5.70. The lowest BCUT2D eigenvalue weighted by Gasteiger charge is -2.23. The number of carboxylic acid groups (broad SMARTS) is 1. The molecule has 4 heteroatoms. The quantitative estimate of drug-likeness (QED) is 0.867. The summed E-state index contributed by atoms with van der Waals surface area (Å²) in [5.74, 6) is -0.232. The molecule has 1 aliphatic heterocycles. The van der Waals surface area contributed by atoms with Gasteiger partial charge in [0.15, 0.2) is 0 Å². The van der Waals surface area contributed by atoms with E-state index in [9.17, 15) is 9.90 Å². The molecule has 1 heterocycles. The number of aliphatic carboxylic acids is 1. The minimum atomic E-state index is -0.713. The molecule has 0 aromatic heterocycles. The molecule has 1 aromatic rings. The maximum absolute atomic E-state index is 11.2. The summed E-state index contributed by atoms with van der Waals surface area (Å²) >= 11 is 0. The van der Waals surface area contributed by atoms with Crippen molar-refractivity contribution in [3.05, 3.63) is 29.8 Å². The van der Waals surface area contributed by atoms with Crippen LogP contribution in [0.1, 0.15) is 18.0 Å². The highest BCUT2D eigenvalue weighted by Gasteiger charge is 2.37. The molecule has 4 nitrogen and oxygen atoms in total. The van der Waals surface area contributed by atoms with E-state index >= 15 is 0 Å². The predicted octanol–water partition coefficient (Wildman–Crippen LogP) is 1.77. The molecule has 2 rings (SSSR count). The Morgan fingerprint density at radius 1 is 1.41 bits per heavy atom. The lowest BCUT2D eigenvalue weighted by molar-refractivity contribution is -0.142. The molecule has 1 aromatic carbocycles. The fourth-order valence-corrected chi connectivity index (χ4v) is 2.49. The number of methoxy groups -OCH3 is 1. The number of carbonyl (C=O) groups is 1. The molecule has 1 aliphatic rings. The van der Waals surface area contributed by atoms with E-state index in [-0.39, 0.29) is 12.0 Å². The topological polar surface area (TPSA) is 49.8 Å². The van der Waals surface area contributed by atoms with Crippen LogP contribution in [0.3, 0.4) is 0 Å². The van der Waals surface area contributed by atoms with Gasteiger partial charge in [-0.15, -0.1) is 0 Å². The van der Waals surface area contributed by atoms with Gasteiger partial charge in [0.05, 0.1) is 13.0 Å². The minimum absolute atomic E-state index is 0.0293. The van der Waals surface area contributed by atoms with Gasteiger partial charge in [-0.3, -0.25) is 9.69 Å². The van der Waals surface area contributed by atoms with Crippen molar-refractivity contribution in [2.45, 2.75) is 12.5 Å². The molecule has 1 saturated heterocycles. The predicted molar refractivity (Wildman–Crippen MR) is 64.1 cm³/mol. The van der Waals surface area contributed by atoms with Crippen molar-refractivity contribution >= 4 is 5.97 Å². The third-order valence-electron chi connectivity index (χ3n) is 3.42. The number of carboxylic acids is 1. The van der Waals surface area contributed by atoms with Gasteiger partial charge < -0.3 is 9.84 Å². The zero-order chi connectivity index (χ0) is 12.4. The molecular formula is C13H17NO3. The van der Waals surface area contributed by atoms with Crippen LogP contribution in [0.15, 0.2) is 24.3 Å². The summed E-state index contributed by atoms with van der Waals surface area (Å²) in [6.45, 7) is 0.827. The van der Waals surface area contributed by atoms with Gasteiger partial charge in [0.25, 0.3) is 0 Å². The van der Waals surface area contributed by atoms with Crippen LogP contribution in [0, 0.1) is 5.92 Å². The maximum atomic E-state index is 11.2. The second kappa shape index (κ2) is 4.75.